The van der Waals surface area contributed by atoms with Crippen molar-refractivity contribution >= 4 is 34.5 Å². The molecular formula is C15H21ClN2S. The predicted molar refractivity (Wildman–Crippen MR) is 87.0 cm³/mol. The van der Waals surface area contributed by atoms with E-state index in [1.165, 1.54) is 25.7 Å². The van der Waals surface area contributed by atoms with Crippen LogP contribution in [0.1, 0.15) is 38.2 Å². The number of anilines is 1. The van der Waals surface area contributed by atoms with Crippen LogP contribution in [0.4, 0.5) is 5.69 Å². The lowest BCUT2D eigenvalue weighted by Gasteiger charge is -2.27. The number of nitrogens with two attached hydrogens (primary N) is 1. The lowest BCUT2D eigenvalue weighted by Crippen LogP contribution is -2.22. The molecule has 4 heteroatoms. The zero-order valence-electron chi connectivity index (χ0n) is 11.3. The minimum atomic E-state index is 0.391. The molecule has 0 amide bonds. The van der Waals surface area contributed by atoms with E-state index in [9.17, 15) is 0 Å². The summed E-state index contributed by atoms with van der Waals surface area (Å²) in [5.74, 6) is 1.60. The number of hydrogen-bond donors (Lipinski definition) is 2. The first-order valence-electron chi connectivity index (χ1n) is 6.89. The Bertz CT molecular complexity index is 461. The Morgan fingerprint density at radius 3 is 2.95 bits per heavy atom. The summed E-state index contributed by atoms with van der Waals surface area (Å²) in [4.78, 5) is 0.391. The molecule has 2 rings (SSSR count). The van der Waals surface area contributed by atoms with Gasteiger partial charge in [0.2, 0.25) is 0 Å². The molecule has 1 aliphatic carbocycles. The van der Waals surface area contributed by atoms with Gasteiger partial charge >= 0.3 is 0 Å². The van der Waals surface area contributed by atoms with E-state index < -0.39 is 0 Å². The summed E-state index contributed by atoms with van der Waals surface area (Å²) >= 11 is 11.1. The molecule has 0 heterocycles. The minimum absolute atomic E-state index is 0.391. The fraction of sp³-hybridized carbons (Fsp3) is 0.533. The molecule has 1 fully saturated rings. The molecule has 3 N–H and O–H groups in total. The van der Waals surface area contributed by atoms with Crippen molar-refractivity contribution in [1.82, 2.24) is 0 Å². The van der Waals surface area contributed by atoms with E-state index in [0.717, 1.165) is 29.6 Å². The third kappa shape index (κ3) is 4.08. The van der Waals surface area contributed by atoms with E-state index in [0.29, 0.717) is 10.0 Å². The second-order valence-corrected chi connectivity index (χ2v) is 6.45. The first-order valence-corrected chi connectivity index (χ1v) is 7.68. The highest BCUT2D eigenvalue weighted by Gasteiger charge is 2.19. The smallest absolute Gasteiger partial charge is 0.106 e. The van der Waals surface area contributed by atoms with Crippen molar-refractivity contribution in [2.24, 2.45) is 17.6 Å². The maximum atomic E-state index is 5.99. The highest BCUT2D eigenvalue weighted by Crippen LogP contribution is 2.29. The predicted octanol–water partition coefficient (Wildman–Crippen LogP) is 4.21. The number of halogens is 1. The Morgan fingerprint density at radius 1 is 1.47 bits per heavy atom. The summed E-state index contributed by atoms with van der Waals surface area (Å²) < 4.78 is 0. The second-order valence-electron chi connectivity index (χ2n) is 5.57. The van der Waals surface area contributed by atoms with Crippen molar-refractivity contribution in [1.29, 1.82) is 0 Å². The normalized spacial score (nSPS) is 23.1. The van der Waals surface area contributed by atoms with Gasteiger partial charge in [0.25, 0.3) is 0 Å². The quantitative estimate of drug-likeness (QED) is 0.817. The summed E-state index contributed by atoms with van der Waals surface area (Å²) in [5.41, 5.74) is 7.58. The molecule has 2 unspecified atom stereocenters. The SMILES string of the molecule is CC1CCCC(CNc2ccc(Cl)cc2C(N)=S)C1. The van der Waals surface area contributed by atoms with Crippen LogP contribution in [0.25, 0.3) is 0 Å². The van der Waals surface area contributed by atoms with E-state index in [2.05, 4.69) is 12.2 Å². The van der Waals surface area contributed by atoms with Crippen LogP contribution in [0.5, 0.6) is 0 Å². The van der Waals surface area contributed by atoms with Crippen LogP contribution in [0.15, 0.2) is 18.2 Å². The molecule has 0 aromatic heterocycles. The van der Waals surface area contributed by atoms with Gasteiger partial charge in [-0.1, -0.05) is 43.6 Å². The van der Waals surface area contributed by atoms with Gasteiger partial charge in [0, 0.05) is 22.8 Å². The molecular weight excluding hydrogens is 276 g/mol. The van der Waals surface area contributed by atoms with Crippen LogP contribution < -0.4 is 11.1 Å². The van der Waals surface area contributed by atoms with E-state index in [4.69, 9.17) is 29.6 Å². The second kappa shape index (κ2) is 6.58. The van der Waals surface area contributed by atoms with E-state index >= 15 is 0 Å². The van der Waals surface area contributed by atoms with Gasteiger partial charge in [0.1, 0.15) is 4.99 Å². The van der Waals surface area contributed by atoms with Gasteiger partial charge in [-0.3, -0.25) is 0 Å². The molecule has 2 atom stereocenters. The van der Waals surface area contributed by atoms with Crippen molar-refractivity contribution in [2.75, 3.05) is 11.9 Å². The fourth-order valence-electron chi connectivity index (χ4n) is 2.87. The lowest BCUT2D eigenvalue weighted by atomic mass is 9.82. The third-order valence-electron chi connectivity index (χ3n) is 3.87. The zero-order chi connectivity index (χ0) is 13.8. The molecule has 0 bridgehead atoms. The number of rotatable bonds is 4. The van der Waals surface area contributed by atoms with Crippen LogP contribution in [0, 0.1) is 11.8 Å². The highest BCUT2D eigenvalue weighted by atomic mass is 35.5. The van der Waals surface area contributed by atoms with Gasteiger partial charge in [-0.05, 0) is 42.9 Å². The van der Waals surface area contributed by atoms with Crippen LogP contribution in [-0.4, -0.2) is 11.5 Å². The van der Waals surface area contributed by atoms with Crippen LogP contribution in [0.2, 0.25) is 5.02 Å². The van der Waals surface area contributed by atoms with E-state index in [1.807, 2.05) is 18.2 Å². The Hall–Kier alpha value is -0.800. The number of nitrogens with one attached hydrogen (secondary N) is 1. The topological polar surface area (TPSA) is 38.0 Å². The largest absolute Gasteiger partial charge is 0.389 e. The Labute approximate surface area is 125 Å². The van der Waals surface area contributed by atoms with Gasteiger partial charge < -0.3 is 11.1 Å². The first kappa shape index (κ1) is 14.6. The molecule has 0 radical (unpaired) electrons. The zero-order valence-corrected chi connectivity index (χ0v) is 12.9. The number of thiocarbonyl (C=S) groups is 1. The summed E-state index contributed by atoms with van der Waals surface area (Å²) in [5, 5.41) is 4.15. The van der Waals surface area contributed by atoms with E-state index in [1.54, 1.807) is 0 Å². The molecule has 0 aliphatic heterocycles. The van der Waals surface area contributed by atoms with Gasteiger partial charge in [-0.2, -0.15) is 0 Å². The summed E-state index contributed by atoms with van der Waals surface area (Å²) in [7, 11) is 0. The molecule has 19 heavy (non-hydrogen) atoms. The van der Waals surface area contributed by atoms with Crippen molar-refractivity contribution in [3.05, 3.63) is 28.8 Å². The summed E-state index contributed by atoms with van der Waals surface area (Å²) in [6.45, 7) is 3.33. The molecule has 0 saturated heterocycles. The Kier molecular flexibility index (Phi) is 5.06. The molecule has 1 saturated carbocycles. The standard InChI is InChI=1S/C15H21ClN2S/c1-10-3-2-4-11(7-10)9-18-14-6-5-12(16)8-13(14)15(17)19/h5-6,8,10-11,18H,2-4,7,9H2,1H3,(H2,17,19). The van der Waals surface area contributed by atoms with Gasteiger partial charge in [0.05, 0.1) is 0 Å². The van der Waals surface area contributed by atoms with Crippen molar-refractivity contribution < 1.29 is 0 Å². The molecule has 0 spiro atoms. The summed E-state index contributed by atoms with van der Waals surface area (Å²) in [6, 6.07) is 5.66. The Balaban J connectivity index is 2.01. The van der Waals surface area contributed by atoms with Crippen molar-refractivity contribution in [3.63, 3.8) is 0 Å². The lowest BCUT2D eigenvalue weighted by molar-refractivity contribution is 0.293. The van der Waals surface area contributed by atoms with E-state index in [-0.39, 0.29) is 0 Å². The molecule has 1 aliphatic rings. The van der Waals surface area contributed by atoms with Gasteiger partial charge in [-0.15, -0.1) is 0 Å². The average Bonchev–Trinajstić information content (AvgIpc) is 2.37. The number of benzene rings is 1. The van der Waals surface area contributed by atoms with Crippen LogP contribution in [0.3, 0.4) is 0 Å². The van der Waals surface area contributed by atoms with Gasteiger partial charge in [-0.25, -0.2) is 0 Å². The molecule has 1 aromatic rings. The van der Waals surface area contributed by atoms with Gasteiger partial charge in [0.15, 0.2) is 0 Å². The Morgan fingerprint density at radius 2 is 2.26 bits per heavy atom. The first-order chi connectivity index (χ1) is 9.06. The van der Waals surface area contributed by atoms with Crippen molar-refractivity contribution in [3.8, 4) is 0 Å². The molecule has 104 valence electrons. The maximum absolute atomic E-state index is 5.99. The average molecular weight is 297 g/mol. The van der Waals surface area contributed by atoms with Crippen LogP contribution >= 0.6 is 23.8 Å². The fourth-order valence-corrected chi connectivity index (χ4v) is 3.21. The highest BCUT2D eigenvalue weighted by molar-refractivity contribution is 7.80. The molecule has 1 aromatic carbocycles. The van der Waals surface area contributed by atoms with Crippen LogP contribution in [-0.2, 0) is 0 Å². The summed E-state index contributed by atoms with van der Waals surface area (Å²) in [6.07, 6.45) is 5.34. The number of hydrogen-bond acceptors (Lipinski definition) is 2. The third-order valence-corrected chi connectivity index (χ3v) is 4.33. The monoisotopic (exact) mass is 296 g/mol. The maximum Gasteiger partial charge on any atom is 0.106 e. The minimum Gasteiger partial charge on any atom is -0.389 e. The van der Waals surface area contributed by atoms with Crippen molar-refractivity contribution in [2.45, 2.75) is 32.6 Å². The molecule has 2 nitrogen and oxygen atoms in total.